The number of hydrogen-bond acceptors (Lipinski definition) is 2. The van der Waals surface area contributed by atoms with Gasteiger partial charge in [-0.05, 0) is 50.8 Å². The summed E-state index contributed by atoms with van der Waals surface area (Å²) in [6.07, 6.45) is 3.95. The van der Waals surface area contributed by atoms with Crippen LogP contribution in [0.1, 0.15) is 39.2 Å². The SMILES string of the molecule is CC(C)NCC(C)N1CCC(Cc2ccccc2)CC1. The summed E-state index contributed by atoms with van der Waals surface area (Å²) >= 11 is 0. The van der Waals surface area contributed by atoms with Crippen LogP contribution in [0.25, 0.3) is 0 Å². The molecule has 0 aromatic heterocycles. The van der Waals surface area contributed by atoms with Gasteiger partial charge in [-0.3, -0.25) is 4.90 Å². The monoisotopic (exact) mass is 274 g/mol. The Morgan fingerprint density at radius 3 is 2.35 bits per heavy atom. The number of likely N-dealkylation sites (tertiary alicyclic amines) is 1. The van der Waals surface area contributed by atoms with Crippen molar-refractivity contribution in [3.63, 3.8) is 0 Å². The molecule has 20 heavy (non-hydrogen) atoms. The minimum Gasteiger partial charge on any atom is -0.313 e. The lowest BCUT2D eigenvalue weighted by atomic mass is 9.89. The molecular weight excluding hydrogens is 244 g/mol. The predicted molar refractivity (Wildman–Crippen MR) is 87.0 cm³/mol. The maximum absolute atomic E-state index is 3.55. The Bertz CT molecular complexity index is 366. The molecule has 1 atom stereocenters. The van der Waals surface area contributed by atoms with Crippen LogP contribution < -0.4 is 5.32 Å². The van der Waals surface area contributed by atoms with Crippen LogP contribution in [0.4, 0.5) is 0 Å². The molecule has 1 saturated heterocycles. The fraction of sp³-hybridized carbons (Fsp3) is 0.667. The van der Waals surface area contributed by atoms with Crippen LogP contribution in [0, 0.1) is 5.92 Å². The molecule has 0 amide bonds. The molecule has 2 heteroatoms. The third-order valence-corrected chi connectivity index (χ3v) is 4.46. The summed E-state index contributed by atoms with van der Waals surface area (Å²) in [6.45, 7) is 10.4. The Labute approximate surface area is 124 Å². The highest BCUT2D eigenvalue weighted by atomic mass is 15.2. The van der Waals surface area contributed by atoms with Crippen LogP contribution >= 0.6 is 0 Å². The molecule has 1 N–H and O–H groups in total. The normalized spacial score (nSPS) is 19.4. The number of nitrogens with zero attached hydrogens (tertiary/aromatic N) is 1. The zero-order valence-electron chi connectivity index (χ0n) is 13.3. The molecule has 112 valence electrons. The molecule has 2 nitrogen and oxygen atoms in total. The molecule has 1 unspecified atom stereocenters. The van der Waals surface area contributed by atoms with Gasteiger partial charge in [0.25, 0.3) is 0 Å². The molecule has 1 aliphatic heterocycles. The third-order valence-electron chi connectivity index (χ3n) is 4.46. The lowest BCUT2D eigenvalue weighted by Gasteiger charge is -2.36. The van der Waals surface area contributed by atoms with Crippen molar-refractivity contribution in [2.45, 2.75) is 52.1 Å². The van der Waals surface area contributed by atoms with Crippen LogP contribution in [-0.4, -0.2) is 36.6 Å². The topological polar surface area (TPSA) is 15.3 Å². The van der Waals surface area contributed by atoms with Crippen molar-refractivity contribution in [3.8, 4) is 0 Å². The molecule has 0 aliphatic carbocycles. The van der Waals surface area contributed by atoms with Gasteiger partial charge in [0.15, 0.2) is 0 Å². The van der Waals surface area contributed by atoms with E-state index in [9.17, 15) is 0 Å². The first-order valence-corrected chi connectivity index (χ1v) is 8.16. The fourth-order valence-electron chi connectivity index (χ4n) is 3.08. The summed E-state index contributed by atoms with van der Waals surface area (Å²) in [5.41, 5.74) is 1.50. The molecule has 1 aromatic carbocycles. The molecule has 2 rings (SSSR count). The molecule has 0 saturated carbocycles. The number of rotatable bonds is 6. The molecule has 0 spiro atoms. The summed E-state index contributed by atoms with van der Waals surface area (Å²) in [5, 5.41) is 3.55. The van der Waals surface area contributed by atoms with E-state index >= 15 is 0 Å². The lowest BCUT2D eigenvalue weighted by molar-refractivity contribution is 0.137. The summed E-state index contributed by atoms with van der Waals surface area (Å²) in [5.74, 6) is 0.874. The van der Waals surface area contributed by atoms with E-state index in [1.165, 1.54) is 37.9 Å². The van der Waals surface area contributed by atoms with E-state index in [4.69, 9.17) is 0 Å². The van der Waals surface area contributed by atoms with Crippen molar-refractivity contribution < 1.29 is 0 Å². The second-order valence-corrected chi connectivity index (χ2v) is 6.58. The Kier molecular flexibility index (Phi) is 6.06. The van der Waals surface area contributed by atoms with Gasteiger partial charge in [0, 0.05) is 18.6 Å². The summed E-state index contributed by atoms with van der Waals surface area (Å²) in [7, 11) is 0. The van der Waals surface area contributed by atoms with E-state index in [0.717, 1.165) is 12.5 Å². The molecule has 1 heterocycles. The maximum atomic E-state index is 3.55. The van der Waals surface area contributed by atoms with Gasteiger partial charge in [0.05, 0.1) is 0 Å². The summed E-state index contributed by atoms with van der Waals surface area (Å²) in [4.78, 5) is 2.65. The van der Waals surface area contributed by atoms with E-state index in [-0.39, 0.29) is 0 Å². The smallest absolute Gasteiger partial charge is 0.0192 e. The van der Waals surface area contributed by atoms with Crippen molar-refractivity contribution in [1.29, 1.82) is 0 Å². The fourth-order valence-corrected chi connectivity index (χ4v) is 3.08. The Morgan fingerprint density at radius 1 is 1.10 bits per heavy atom. The van der Waals surface area contributed by atoms with Crippen molar-refractivity contribution in [2.24, 2.45) is 5.92 Å². The number of nitrogens with one attached hydrogen (secondary N) is 1. The number of piperidine rings is 1. The first kappa shape index (κ1) is 15.5. The van der Waals surface area contributed by atoms with E-state index in [0.29, 0.717) is 12.1 Å². The van der Waals surface area contributed by atoms with Gasteiger partial charge in [-0.25, -0.2) is 0 Å². The van der Waals surface area contributed by atoms with Crippen molar-refractivity contribution >= 4 is 0 Å². The van der Waals surface area contributed by atoms with Crippen molar-refractivity contribution in [3.05, 3.63) is 35.9 Å². The average molecular weight is 274 g/mol. The molecule has 1 aromatic rings. The van der Waals surface area contributed by atoms with Gasteiger partial charge in [0.1, 0.15) is 0 Å². The minimum atomic E-state index is 0.591. The number of hydrogen-bond donors (Lipinski definition) is 1. The van der Waals surface area contributed by atoms with Gasteiger partial charge < -0.3 is 5.32 Å². The Morgan fingerprint density at radius 2 is 1.75 bits per heavy atom. The maximum Gasteiger partial charge on any atom is 0.0192 e. The second-order valence-electron chi connectivity index (χ2n) is 6.58. The molecule has 0 bridgehead atoms. The van der Waals surface area contributed by atoms with Crippen LogP contribution in [0.15, 0.2) is 30.3 Å². The molecule has 1 fully saturated rings. The first-order valence-electron chi connectivity index (χ1n) is 8.16. The van der Waals surface area contributed by atoms with E-state index in [1.807, 2.05) is 0 Å². The van der Waals surface area contributed by atoms with Gasteiger partial charge in [-0.1, -0.05) is 44.2 Å². The van der Waals surface area contributed by atoms with Crippen molar-refractivity contribution in [2.75, 3.05) is 19.6 Å². The molecular formula is C18H30N2. The third kappa shape index (κ3) is 4.92. The predicted octanol–water partition coefficient (Wildman–Crippen LogP) is 3.33. The zero-order chi connectivity index (χ0) is 14.4. The number of benzene rings is 1. The van der Waals surface area contributed by atoms with Crippen LogP contribution in [0.2, 0.25) is 0 Å². The van der Waals surface area contributed by atoms with Crippen LogP contribution in [0.3, 0.4) is 0 Å². The highest BCUT2D eigenvalue weighted by molar-refractivity contribution is 5.15. The summed E-state index contributed by atoms with van der Waals surface area (Å²) in [6, 6.07) is 12.2. The van der Waals surface area contributed by atoms with E-state index < -0.39 is 0 Å². The van der Waals surface area contributed by atoms with Crippen molar-refractivity contribution in [1.82, 2.24) is 10.2 Å². The average Bonchev–Trinajstić information content (AvgIpc) is 2.46. The zero-order valence-corrected chi connectivity index (χ0v) is 13.3. The minimum absolute atomic E-state index is 0.591. The van der Waals surface area contributed by atoms with E-state index in [2.05, 4.69) is 61.3 Å². The van der Waals surface area contributed by atoms with Gasteiger partial charge in [-0.2, -0.15) is 0 Å². The molecule has 1 aliphatic rings. The molecule has 0 radical (unpaired) electrons. The van der Waals surface area contributed by atoms with Crippen LogP contribution in [-0.2, 0) is 6.42 Å². The first-order chi connectivity index (χ1) is 9.65. The highest BCUT2D eigenvalue weighted by Gasteiger charge is 2.22. The second kappa shape index (κ2) is 7.80. The summed E-state index contributed by atoms with van der Waals surface area (Å²) < 4.78 is 0. The van der Waals surface area contributed by atoms with Crippen LogP contribution in [0.5, 0.6) is 0 Å². The largest absolute Gasteiger partial charge is 0.313 e. The van der Waals surface area contributed by atoms with Gasteiger partial charge >= 0.3 is 0 Å². The lowest BCUT2D eigenvalue weighted by Crippen LogP contribution is -2.46. The standard InChI is InChI=1S/C18H30N2/c1-15(2)19-14-16(3)20-11-9-18(10-12-20)13-17-7-5-4-6-8-17/h4-8,15-16,18-19H,9-14H2,1-3H3. The van der Waals surface area contributed by atoms with E-state index in [1.54, 1.807) is 0 Å². The van der Waals surface area contributed by atoms with Gasteiger partial charge in [-0.15, -0.1) is 0 Å². The Hall–Kier alpha value is -0.860. The van der Waals surface area contributed by atoms with Gasteiger partial charge in [0.2, 0.25) is 0 Å². The highest BCUT2D eigenvalue weighted by Crippen LogP contribution is 2.22. The Balaban J connectivity index is 1.72. The quantitative estimate of drug-likeness (QED) is 0.856.